The summed E-state index contributed by atoms with van der Waals surface area (Å²) < 4.78 is 0. The molecular weight excluding hydrogens is 238 g/mol. The van der Waals surface area contributed by atoms with Crippen LogP contribution in [0.1, 0.15) is 28.8 Å². The van der Waals surface area contributed by atoms with E-state index < -0.39 is 4.92 Å². The number of non-ortho nitro benzene ring substituents is 1. The number of carbonyl (C=O) groups excluding carboxylic acids is 1. The Labute approximate surface area is 104 Å². The Morgan fingerprint density at radius 2 is 2.29 bits per heavy atom. The highest BCUT2D eigenvalue weighted by Gasteiger charge is 2.26. The third-order valence-corrected chi connectivity index (χ3v) is 4.28. The van der Waals surface area contributed by atoms with Gasteiger partial charge in [-0.25, -0.2) is 0 Å². The van der Waals surface area contributed by atoms with Gasteiger partial charge in [0.05, 0.1) is 10.2 Å². The van der Waals surface area contributed by atoms with Gasteiger partial charge in [0.25, 0.3) is 5.69 Å². The molecule has 1 fully saturated rings. The van der Waals surface area contributed by atoms with Gasteiger partial charge in [-0.3, -0.25) is 14.9 Å². The topological polar surface area (TPSA) is 60.2 Å². The van der Waals surface area contributed by atoms with E-state index in [0.717, 1.165) is 18.6 Å². The van der Waals surface area contributed by atoms with E-state index in [0.29, 0.717) is 11.1 Å². The third kappa shape index (κ3) is 2.49. The number of hydrogen-bond donors (Lipinski definition) is 0. The second kappa shape index (κ2) is 4.87. The lowest BCUT2D eigenvalue weighted by molar-refractivity contribution is -0.384. The summed E-state index contributed by atoms with van der Waals surface area (Å²) in [5.41, 5.74) is 1.35. The molecule has 0 spiro atoms. The van der Waals surface area contributed by atoms with Crippen LogP contribution < -0.4 is 0 Å². The van der Waals surface area contributed by atoms with E-state index in [9.17, 15) is 14.9 Å². The van der Waals surface area contributed by atoms with Crippen molar-refractivity contribution in [2.75, 3.05) is 5.75 Å². The number of nitrogens with zero attached hydrogens (tertiary/aromatic N) is 1. The van der Waals surface area contributed by atoms with Crippen LogP contribution in [0.25, 0.3) is 0 Å². The van der Waals surface area contributed by atoms with Crippen LogP contribution in [-0.4, -0.2) is 21.7 Å². The molecule has 0 bridgehead atoms. The highest BCUT2D eigenvalue weighted by atomic mass is 32.2. The molecular formula is C12H13NO3S. The van der Waals surface area contributed by atoms with Crippen molar-refractivity contribution < 1.29 is 9.72 Å². The van der Waals surface area contributed by atoms with E-state index in [1.807, 2.05) is 0 Å². The fraction of sp³-hybridized carbons (Fsp3) is 0.417. The third-order valence-electron chi connectivity index (χ3n) is 2.91. The average molecular weight is 251 g/mol. The van der Waals surface area contributed by atoms with Gasteiger partial charge in [0, 0.05) is 17.7 Å². The van der Waals surface area contributed by atoms with Crippen molar-refractivity contribution in [3.8, 4) is 0 Å². The number of benzene rings is 1. The number of nitro groups is 1. The minimum atomic E-state index is -0.439. The Kier molecular flexibility index (Phi) is 3.47. The normalized spacial score (nSPS) is 19.2. The van der Waals surface area contributed by atoms with Crippen LogP contribution in [-0.2, 0) is 0 Å². The molecule has 1 unspecified atom stereocenters. The summed E-state index contributed by atoms with van der Waals surface area (Å²) in [6, 6.07) is 4.45. The summed E-state index contributed by atoms with van der Waals surface area (Å²) in [7, 11) is 0. The van der Waals surface area contributed by atoms with Gasteiger partial charge >= 0.3 is 0 Å². The van der Waals surface area contributed by atoms with Crippen LogP contribution in [0.2, 0.25) is 0 Å². The van der Waals surface area contributed by atoms with Crippen molar-refractivity contribution in [2.45, 2.75) is 25.0 Å². The molecule has 1 aliphatic rings. The summed E-state index contributed by atoms with van der Waals surface area (Å²) in [6.45, 7) is 1.75. The molecule has 1 atom stereocenters. The van der Waals surface area contributed by atoms with E-state index in [-0.39, 0.29) is 16.7 Å². The Morgan fingerprint density at radius 1 is 1.53 bits per heavy atom. The SMILES string of the molecule is Cc1cc([N+](=O)[O-])ccc1C(=O)C1CCCS1. The molecule has 0 aromatic heterocycles. The van der Waals surface area contributed by atoms with Gasteiger partial charge < -0.3 is 0 Å². The first-order valence-corrected chi connectivity index (χ1v) is 6.55. The second-order valence-electron chi connectivity index (χ2n) is 4.12. The van der Waals surface area contributed by atoms with Gasteiger partial charge in [0.2, 0.25) is 0 Å². The minimum absolute atomic E-state index is 0.0372. The molecule has 1 aromatic carbocycles. The van der Waals surface area contributed by atoms with Crippen molar-refractivity contribution in [1.82, 2.24) is 0 Å². The van der Waals surface area contributed by atoms with Gasteiger partial charge in [-0.05, 0) is 37.1 Å². The van der Waals surface area contributed by atoms with Crippen molar-refractivity contribution >= 4 is 23.2 Å². The molecule has 1 aromatic rings. The highest BCUT2D eigenvalue weighted by Crippen LogP contribution is 2.30. The molecule has 1 heterocycles. The van der Waals surface area contributed by atoms with E-state index in [1.165, 1.54) is 12.1 Å². The van der Waals surface area contributed by atoms with Crippen molar-refractivity contribution in [3.63, 3.8) is 0 Å². The lowest BCUT2D eigenvalue weighted by Gasteiger charge is -2.09. The maximum Gasteiger partial charge on any atom is 0.269 e. The van der Waals surface area contributed by atoms with Crippen molar-refractivity contribution in [3.05, 3.63) is 39.4 Å². The first-order valence-electron chi connectivity index (χ1n) is 5.50. The van der Waals surface area contributed by atoms with Crippen molar-refractivity contribution in [1.29, 1.82) is 0 Å². The number of thioether (sulfide) groups is 1. The summed E-state index contributed by atoms with van der Waals surface area (Å²) in [5, 5.41) is 10.6. The van der Waals surface area contributed by atoms with Gasteiger partial charge in [-0.2, -0.15) is 11.8 Å². The molecule has 5 heteroatoms. The zero-order valence-corrected chi connectivity index (χ0v) is 10.3. The van der Waals surface area contributed by atoms with E-state index in [2.05, 4.69) is 0 Å². The molecule has 2 rings (SSSR count). The molecule has 0 radical (unpaired) electrons. The van der Waals surface area contributed by atoms with E-state index in [4.69, 9.17) is 0 Å². The Morgan fingerprint density at radius 3 is 2.82 bits per heavy atom. The monoisotopic (exact) mass is 251 g/mol. The van der Waals surface area contributed by atoms with Gasteiger partial charge in [-0.15, -0.1) is 0 Å². The Bertz CT molecular complexity index is 467. The van der Waals surface area contributed by atoms with Gasteiger partial charge in [-0.1, -0.05) is 0 Å². The largest absolute Gasteiger partial charge is 0.293 e. The van der Waals surface area contributed by atoms with Crippen molar-refractivity contribution in [2.24, 2.45) is 0 Å². The minimum Gasteiger partial charge on any atom is -0.293 e. The van der Waals surface area contributed by atoms with E-state index in [1.54, 1.807) is 24.8 Å². The van der Waals surface area contributed by atoms with Crippen LogP contribution in [0.4, 0.5) is 5.69 Å². The predicted molar refractivity (Wildman–Crippen MR) is 67.6 cm³/mol. The second-order valence-corrected chi connectivity index (χ2v) is 5.43. The number of aryl methyl sites for hydroxylation is 1. The average Bonchev–Trinajstić information content (AvgIpc) is 2.81. The van der Waals surface area contributed by atoms with Crippen LogP contribution in [0, 0.1) is 17.0 Å². The number of rotatable bonds is 3. The number of carbonyl (C=O) groups is 1. The number of nitro benzene ring substituents is 1. The fourth-order valence-electron chi connectivity index (χ4n) is 2.00. The molecule has 1 aliphatic heterocycles. The molecule has 0 amide bonds. The molecule has 0 N–H and O–H groups in total. The van der Waals surface area contributed by atoms with Crippen LogP contribution >= 0.6 is 11.8 Å². The van der Waals surface area contributed by atoms with Crippen LogP contribution in [0.5, 0.6) is 0 Å². The van der Waals surface area contributed by atoms with Crippen LogP contribution in [0.3, 0.4) is 0 Å². The first-order chi connectivity index (χ1) is 8.09. The zero-order valence-electron chi connectivity index (χ0n) is 9.51. The Hall–Kier alpha value is -1.36. The predicted octanol–water partition coefficient (Wildman–Crippen LogP) is 2.98. The zero-order chi connectivity index (χ0) is 12.4. The first kappa shape index (κ1) is 12.1. The highest BCUT2D eigenvalue weighted by molar-refractivity contribution is 8.00. The lowest BCUT2D eigenvalue weighted by atomic mass is 10.0. The summed E-state index contributed by atoms with van der Waals surface area (Å²) >= 11 is 1.68. The van der Waals surface area contributed by atoms with Crippen LogP contribution in [0.15, 0.2) is 18.2 Å². The standard InChI is InChI=1S/C12H13NO3S/c1-8-7-9(13(15)16)4-5-10(8)12(14)11-3-2-6-17-11/h4-5,7,11H,2-3,6H2,1H3. The maximum atomic E-state index is 12.2. The smallest absolute Gasteiger partial charge is 0.269 e. The molecule has 0 saturated carbocycles. The molecule has 90 valence electrons. The quantitative estimate of drug-likeness (QED) is 0.470. The molecule has 17 heavy (non-hydrogen) atoms. The lowest BCUT2D eigenvalue weighted by Crippen LogP contribution is -2.15. The fourth-order valence-corrected chi connectivity index (χ4v) is 3.23. The summed E-state index contributed by atoms with van der Waals surface area (Å²) in [5.74, 6) is 1.14. The Balaban J connectivity index is 2.26. The number of hydrogen-bond acceptors (Lipinski definition) is 4. The van der Waals surface area contributed by atoms with Gasteiger partial charge in [0.1, 0.15) is 0 Å². The molecule has 0 aliphatic carbocycles. The summed E-state index contributed by atoms with van der Waals surface area (Å²) in [4.78, 5) is 22.3. The summed E-state index contributed by atoms with van der Waals surface area (Å²) in [6.07, 6.45) is 1.99. The maximum absolute atomic E-state index is 12.2. The molecule has 1 saturated heterocycles. The van der Waals surface area contributed by atoms with E-state index >= 15 is 0 Å². The number of ketones is 1. The number of Topliss-reactive ketones (excluding diaryl/α,β-unsaturated/α-hetero) is 1. The molecule has 4 nitrogen and oxygen atoms in total. The van der Waals surface area contributed by atoms with Gasteiger partial charge in [0.15, 0.2) is 5.78 Å².